The largest absolute Gasteiger partial charge is 0.497 e. The van der Waals surface area contributed by atoms with E-state index in [4.69, 9.17) is 4.74 Å². The van der Waals surface area contributed by atoms with Gasteiger partial charge in [-0.05, 0) is 42.8 Å². The molecule has 0 radical (unpaired) electrons. The summed E-state index contributed by atoms with van der Waals surface area (Å²) in [5.74, 6) is 1.82. The number of para-hydroxylation sites is 1. The van der Waals surface area contributed by atoms with E-state index in [1.165, 1.54) is 0 Å². The standard InChI is InChI=1S/C17H19N3O/c1-21-14-9-7-13(8-10-14)20-16-6-3-2-5-15(16)17-18-11-4-12-19-17/h2-3,5-10,20H,4,11-12H2,1H3,(H,18,19). The number of nitrogens with zero attached hydrogens (tertiary/aromatic N) is 1. The van der Waals surface area contributed by atoms with Gasteiger partial charge in [-0.2, -0.15) is 0 Å². The average molecular weight is 281 g/mol. The van der Waals surface area contributed by atoms with Gasteiger partial charge in [0, 0.05) is 30.0 Å². The molecule has 2 N–H and O–H groups in total. The first kappa shape index (κ1) is 13.5. The molecular formula is C17H19N3O. The molecule has 2 aromatic rings. The summed E-state index contributed by atoms with van der Waals surface area (Å²) in [5, 5.41) is 6.81. The number of benzene rings is 2. The van der Waals surface area contributed by atoms with E-state index in [1.807, 2.05) is 36.4 Å². The maximum Gasteiger partial charge on any atom is 0.130 e. The lowest BCUT2D eigenvalue weighted by Crippen LogP contribution is -2.30. The van der Waals surface area contributed by atoms with Crippen LogP contribution in [-0.4, -0.2) is 26.0 Å². The first-order valence-corrected chi connectivity index (χ1v) is 7.15. The second-order valence-corrected chi connectivity index (χ2v) is 4.91. The second kappa shape index (κ2) is 6.31. The SMILES string of the molecule is COc1ccc(Nc2ccccc2C2=NCCCN2)cc1. The molecule has 1 heterocycles. The Morgan fingerprint density at radius 1 is 1.10 bits per heavy atom. The van der Waals surface area contributed by atoms with Crippen molar-refractivity contribution in [3.05, 3.63) is 54.1 Å². The van der Waals surface area contributed by atoms with Crippen LogP contribution in [-0.2, 0) is 0 Å². The first-order chi connectivity index (χ1) is 10.4. The molecule has 0 spiro atoms. The Kier molecular flexibility index (Phi) is 4.05. The normalized spacial score (nSPS) is 14.0. The van der Waals surface area contributed by atoms with Gasteiger partial charge in [-0.25, -0.2) is 0 Å². The maximum absolute atomic E-state index is 5.18. The van der Waals surface area contributed by atoms with Crippen LogP contribution in [0.2, 0.25) is 0 Å². The third-order valence-corrected chi connectivity index (χ3v) is 3.45. The Balaban J connectivity index is 1.86. The lowest BCUT2D eigenvalue weighted by atomic mass is 10.1. The quantitative estimate of drug-likeness (QED) is 0.904. The molecule has 0 unspecified atom stereocenters. The topological polar surface area (TPSA) is 45.6 Å². The second-order valence-electron chi connectivity index (χ2n) is 4.91. The fourth-order valence-corrected chi connectivity index (χ4v) is 2.34. The molecule has 2 aromatic carbocycles. The molecule has 0 saturated heterocycles. The lowest BCUT2D eigenvalue weighted by Gasteiger charge is -2.18. The van der Waals surface area contributed by atoms with Crippen LogP contribution < -0.4 is 15.4 Å². The van der Waals surface area contributed by atoms with Gasteiger partial charge in [0.2, 0.25) is 0 Å². The highest BCUT2D eigenvalue weighted by Gasteiger charge is 2.11. The molecule has 0 atom stereocenters. The van der Waals surface area contributed by atoms with Gasteiger partial charge in [0.1, 0.15) is 11.6 Å². The Hall–Kier alpha value is -2.49. The van der Waals surface area contributed by atoms with E-state index in [9.17, 15) is 0 Å². The minimum atomic E-state index is 0.854. The smallest absolute Gasteiger partial charge is 0.130 e. The molecule has 0 aromatic heterocycles. The highest BCUT2D eigenvalue weighted by atomic mass is 16.5. The van der Waals surface area contributed by atoms with Crippen LogP contribution in [0.15, 0.2) is 53.5 Å². The maximum atomic E-state index is 5.18. The number of nitrogens with one attached hydrogen (secondary N) is 2. The van der Waals surface area contributed by atoms with E-state index in [0.29, 0.717) is 0 Å². The van der Waals surface area contributed by atoms with E-state index in [1.54, 1.807) is 7.11 Å². The molecule has 108 valence electrons. The van der Waals surface area contributed by atoms with Crippen molar-refractivity contribution in [2.24, 2.45) is 4.99 Å². The number of aliphatic imine (C=N–C) groups is 1. The third kappa shape index (κ3) is 3.16. The van der Waals surface area contributed by atoms with Crippen molar-refractivity contribution in [2.45, 2.75) is 6.42 Å². The monoisotopic (exact) mass is 281 g/mol. The summed E-state index contributed by atoms with van der Waals surface area (Å²) in [6.07, 6.45) is 1.09. The Morgan fingerprint density at radius 2 is 1.90 bits per heavy atom. The lowest BCUT2D eigenvalue weighted by molar-refractivity contribution is 0.415. The number of hydrogen-bond donors (Lipinski definition) is 2. The average Bonchev–Trinajstić information content (AvgIpc) is 2.57. The Morgan fingerprint density at radius 3 is 2.62 bits per heavy atom. The Labute approximate surface area is 124 Å². The van der Waals surface area contributed by atoms with Crippen LogP contribution in [0, 0.1) is 0 Å². The summed E-state index contributed by atoms with van der Waals surface area (Å²) >= 11 is 0. The fourth-order valence-electron chi connectivity index (χ4n) is 2.34. The predicted octanol–water partition coefficient (Wildman–Crippen LogP) is 3.18. The molecule has 0 fully saturated rings. The number of ether oxygens (including phenoxy) is 1. The zero-order valence-corrected chi connectivity index (χ0v) is 12.1. The molecule has 1 aliphatic heterocycles. The highest BCUT2D eigenvalue weighted by molar-refractivity contribution is 6.04. The molecule has 4 heteroatoms. The minimum Gasteiger partial charge on any atom is -0.497 e. The van der Waals surface area contributed by atoms with Crippen molar-refractivity contribution in [1.29, 1.82) is 0 Å². The van der Waals surface area contributed by atoms with Crippen LogP contribution in [0.3, 0.4) is 0 Å². The van der Waals surface area contributed by atoms with E-state index in [2.05, 4.69) is 27.8 Å². The van der Waals surface area contributed by atoms with Gasteiger partial charge in [-0.1, -0.05) is 12.1 Å². The van der Waals surface area contributed by atoms with Crippen LogP contribution in [0.1, 0.15) is 12.0 Å². The van der Waals surface area contributed by atoms with Gasteiger partial charge >= 0.3 is 0 Å². The van der Waals surface area contributed by atoms with E-state index in [0.717, 1.165) is 48.0 Å². The number of rotatable bonds is 4. The van der Waals surface area contributed by atoms with Crippen molar-refractivity contribution in [2.75, 3.05) is 25.5 Å². The molecule has 21 heavy (non-hydrogen) atoms. The predicted molar refractivity (Wildman–Crippen MR) is 86.7 cm³/mol. The van der Waals surface area contributed by atoms with Gasteiger partial charge in [-0.15, -0.1) is 0 Å². The fraction of sp³-hybridized carbons (Fsp3) is 0.235. The number of methoxy groups -OCH3 is 1. The summed E-state index contributed by atoms with van der Waals surface area (Å²) in [7, 11) is 1.67. The minimum absolute atomic E-state index is 0.854. The summed E-state index contributed by atoms with van der Waals surface area (Å²) in [6, 6.07) is 16.1. The molecule has 3 rings (SSSR count). The Bertz CT molecular complexity index is 635. The van der Waals surface area contributed by atoms with Gasteiger partial charge in [0.05, 0.1) is 7.11 Å². The molecular weight excluding hydrogens is 262 g/mol. The molecule has 0 bridgehead atoms. The van der Waals surface area contributed by atoms with Crippen LogP contribution in [0.5, 0.6) is 5.75 Å². The van der Waals surface area contributed by atoms with Crippen molar-refractivity contribution in [3.63, 3.8) is 0 Å². The molecule has 0 aliphatic carbocycles. The third-order valence-electron chi connectivity index (χ3n) is 3.45. The first-order valence-electron chi connectivity index (χ1n) is 7.15. The molecule has 4 nitrogen and oxygen atoms in total. The molecule has 1 aliphatic rings. The van der Waals surface area contributed by atoms with Crippen molar-refractivity contribution >= 4 is 17.2 Å². The van der Waals surface area contributed by atoms with Gasteiger partial charge in [0.15, 0.2) is 0 Å². The zero-order chi connectivity index (χ0) is 14.5. The van der Waals surface area contributed by atoms with Crippen LogP contribution in [0.4, 0.5) is 11.4 Å². The van der Waals surface area contributed by atoms with Crippen molar-refractivity contribution in [1.82, 2.24) is 5.32 Å². The van der Waals surface area contributed by atoms with Crippen molar-refractivity contribution < 1.29 is 4.74 Å². The van der Waals surface area contributed by atoms with Gasteiger partial charge in [-0.3, -0.25) is 4.99 Å². The van der Waals surface area contributed by atoms with Gasteiger partial charge < -0.3 is 15.4 Å². The summed E-state index contributed by atoms with van der Waals surface area (Å²) in [6.45, 7) is 1.87. The molecule has 0 amide bonds. The molecule has 0 saturated carbocycles. The van der Waals surface area contributed by atoms with Crippen molar-refractivity contribution in [3.8, 4) is 5.75 Å². The number of anilines is 2. The highest BCUT2D eigenvalue weighted by Crippen LogP contribution is 2.23. The van der Waals surface area contributed by atoms with E-state index in [-0.39, 0.29) is 0 Å². The number of amidine groups is 1. The van der Waals surface area contributed by atoms with E-state index < -0.39 is 0 Å². The zero-order valence-electron chi connectivity index (χ0n) is 12.1. The summed E-state index contributed by atoms with van der Waals surface area (Å²) in [4.78, 5) is 4.57. The summed E-state index contributed by atoms with van der Waals surface area (Å²) < 4.78 is 5.18. The number of hydrogen-bond acceptors (Lipinski definition) is 4. The van der Waals surface area contributed by atoms with Crippen LogP contribution in [0.25, 0.3) is 0 Å². The summed E-state index contributed by atoms with van der Waals surface area (Å²) in [5.41, 5.74) is 3.18. The van der Waals surface area contributed by atoms with Gasteiger partial charge in [0.25, 0.3) is 0 Å². The van der Waals surface area contributed by atoms with E-state index >= 15 is 0 Å². The van der Waals surface area contributed by atoms with Crippen LogP contribution >= 0.6 is 0 Å².